The standard InChI is InChI=1S/C12H20N4/c1-16-11(14-8-15-16)6-12(7-13)5-9-2-3-10(12)4-9/h8-10H,2-7,13H2,1H3. The van der Waals surface area contributed by atoms with Gasteiger partial charge in [-0.2, -0.15) is 5.10 Å². The smallest absolute Gasteiger partial charge is 0.138 e. The Labute approximate surface area is 96.2 Å². The predicted molar refractivity (Wildman–Crippen MR) is 61.6 cm³/mol. The average Bonchev–Trinajstić information content (AvgIpc) is 2.96. The summed E-state index contributed by atoms with van der Waals surface area (Å²) in [5.74, 6) is 2.86. The van der Waals surface area contributed by atoms with Gasteiger partial charge < -0.3 is 5.73 Å². The van der Waals surface area contributed by atoms with Crippen LogP contribution >= 0.6 is 0 Å². The summed E-state index contributed by atoms with van der Waals surface area (Å²) >= 11 is 0. The number of hydrogen-bond acceptors (Lipinski definition) is 3. The number of rotatable bonds is 3. The van der Waals surface area contributed by atoms with Crippen molar-refractivity contribution < 1.29 is 0 Å². The Bertz CT molecular complexity index is 386. The molecule has 2 saturated carbocycles. The van der Waals surface area contributed by atoms with Crippen LogP contribution in [0.25, 0.3) is 0 Å². The molecule has 88 valence electrons. The first-order chi connectivity index (χ1) is 7.73. The zero-order valence-electron chi connectivity index (χ0n) is 9.89. The van der Waals surface area contributed by atoms with Crippen molar-refractivity contribution in [2.24, 2.45) is 30.0 Å². The van der Waals surface area contributed by atoms with Gasteiger partial charge >= 0.3 is 0 Å². The van der Waals surface area contributed by atoms with Crippen LogP contribution in [0.2, 0.25) is 0 Å². The summed E-state index contributed by atoms with van der Waals surface area (Å²) in [6.07, 6.45) is 8.16. The van der Waals surface area contributed by atoms with E-state index in [0.717, 1.165) is 30.6 Å². The summed E-state index contributed by atoms with van der Waals surface area (Å²) in [5.41, 5.74) is 6.39. The van der Waals surface area contributed by atoms with Gasteiger partial charge in [-0.25, -0.2) is 4.98 Å². The SMILES string of the molecule is Cn1ncnc1CC1(CN)CC2CCC1C2. The molecule has 2 fully saturated rings. The van der Waals surface area contributed by atoms with Crippen LogP contribution < -0.4 is 5.73 Å². The van der Waals surface area contributed by atoms with E-state index in [9.17, 15) is 0 Å². The predicted octanol–water partition coefficient (Wildman–Crippen LogP) is 1.12. The lowest BCUT2D eigenvalue weighted by molar-refractivity contribution is 0.166. The molecular formula is C12H20N4. The molecule has 1 aromatic heterocycles. The molecule has 0 amide bonds. The largest absolute Gasteiger partial charge is 0.330 e. The second-order valence-corrected chi connectivity index (χ2v) is 5.62. The van der Waals surface area contributed by atoms with Gasteiger partial charge in [-0.05, 0) is 43.1 Å². The summed E-state index contributed by atoms with van der Waals surface area (Å²) in [6, 6.07) is 0. The molecule has 3 atom stereocenters. The van der Waals surface area contributed by atoms with Crippen molar-refractivity contribution in [2.75, 3.05) is 6.54 Å². The average molecular weight is 220 g/mol. The fourth-order valence-corrected chi connectivity index (χ4v) is 3.89. The molecule has 1 aromatic rings. The van der Waals surface area contributed by atoms with Crippen molar-refractivity contribution in [2.45, 2.75) is 32.1 Å². The zero-order chi connectivity index (χ0) is 11.2. The third-order valence-electron chi connectivity index (χ3n) is 4.82. The van der Waals surface area contributed by atoms with Crippen LogP contribution in [-0.4, -0.2) is 21.3 Å². The van der Waals surface area contributed by atoms with Crippen LogP contribution in [0.1, 0.15) is 31.5 Å². The molecule has 0 saturated heterocycles. The summed E-state index contributed by atoms with van der Waals surface area (Å²) in [4.78, 5) is 4.35. The maximum Gasteiger partial charge on any atom is 0.138 e. The van der Waals surface area contributed by atoms with Crippen molar-refractivity contribution in [3.63, 3.8) is 0 Å². The molecule has 16 heavy (non-hydrogen) atoms. The van der Waals surface area contributed by atoms with Gasteiger partial charge in [0.15, 0.2) is 0 Å². The normalized spacial score (nSPS) is 37.1. The Morgan fingerprint density at radius 3 is 2.94 bits per heavy atom. The molecule has 3 unspecified atom stereocenters. The number of aromatic nitrogens is 3. The molecule has 3 rings (SSSR count). The first-order valence-electron chi connectivity index (χ1n) is 6.26. The summed E-state index contributed by atoms with van der Waals surface area (Å²) in [6.45, 7) is 0.807. The third kappa shape index (κ3) is 1.39. The molecule has 0 aliphatic heterocycles. The van der Waals surface area contributed by atoms with E-state index in [1.54, 1.807) is 6.33 Å². The third-order valence-corrected chi connectivity index (χ3v) is 4.82. The maximum atomic E-state index is 6.06. The fraction of sp³-hybridized carbons (Fsp3) is 0.833. The lowest BCUT2D eigenvalue weighted by atomic mass is 9.70. The highest BCUT2D eigenvalue weighted by molar-refractivity contribution is 5.05. The first kappa shape index (κ1) is 10.3. The Kier molecular flexibility index (Phi) is 2.28. The van der Waals surface area contributed by atoms with E-state index in [1.807, 2.05) is 11.7 Å². The van der Waals surface area contributed by atoms with E-state index in [4.69, 9.17) is 5.73 Å². The van der Waals surface area contributed by atoms with Gasteiger partial charge in [0.25, 0.3) is 0 Å². The Balaban J connectivity index is 1.84. The second-order valence-electron chi connectivity index (χ2n) is 5.62. The van der Waals surface area contributed by atoms with Gasteiger partial charge in [0.1, 0.15) is 12.2 Å². The first-order valence-corrected chi connectivity index (χ1v) is 6.26. The number of fused-ring (bicyclic) bond motifs is 2. The molecule has 4 nitrogen and oxygen atoms in total. The lowest BCUT2D eigenvalue weighted by Crippen LogP contribution is -2.38. The molecule has 2 N–H and O–H groups in total. The van der Waals surface area contributed by atoms with Gasteiger partial charge in [0.05, 0.1) is 0 Å². The summed E-state index contributed by atoms with van der Waals surface area (Å²) < 4.78 is 1.89. The second kappa shape index (κ2) is 3.55. The molecule has 0 spiro atoms. The van der Waals surface area contributed by atoms with Crippen LogP contribution in [0.4, 0.5) is 0 Å². The van der Waals surface area contributed by atoms with Gasteiger partial charge in [0, 0.05) is 13.5 Å². The molecule has 4 heteroatoms. The highest BCUT2D eigenvalue weighted by Crippen LogP contribution is 2.56. The molecular weight excluding hydrogens is 200 g/mol. The molecule has 0 radical (unpaired) electrons. The Morgan fingerprint density at radius 2 is 2.44 bits per heavy atom. The quantitative estimate of drug-likeness (QED) is 0.830. The van der Waals surface area contributed by atoms with E-state index >= 15 is 0 Å². The van der Waals surface area contributed by atoms with Crippen LogP contribution in [0.5, 0.6) is 0 Å². The highest BCUT2D eigenvalue weighted by atomic mass is 15.3. The van der Waals surface area contributed by atoms with Gasteiger partial charge in [-0.1, -0.05) is 6.42 Å². The minimum Gasteiger partial charge on any atom is -0.330 e. The van der Waals surface area contributed by atoms with Crippen LogP contribution in [0.15, 0.2) is 6.33 Å². The van der Waals surface area contributed by atoms with Crippen molar-refractivity contribution in [3.05, 3.63) is 12.2 Å². The van der Waals surface area contributed by atoms with E-state index in [-0.39, 0.29) is 0 Å². The topological polar surface area (TPSA) is 56.7 Å². The van der Waals surface area contributed by atoms with E-state index < -0.39 is 0 Å². The Morgan fingerprint density at radius 1 is 1.56 bits per heavy atom. The van der Waals surface area contributed by atoms with Crippen LogP contribution in [0.3, 0.4) is 0 Å². The number of nitrogens with zero attached hydrogens (tertiary/aromatic N) is 3. The van der Waals surface area contributed by atoms with Crippen molar-refractivity contribution in [1.82, 2.24) is 14.8 Å². The molecule has 1 heterocycles. The van der Waals surface area contributed by atoms with Gasteiger partial charge in [-0.15, -0.1) is 0 Å². The van der Waals surface area contributed by atoms with Crippen molar-refractivity contribution in [1.29, 1.82) is 0 Å². The van der Waals surface area contributed by atoms with E-state index in [0.29, 0.717) is 5.41 Å². The molecule has 2 aliphatic carbocycles. The lowest BCUT2D eigenvalue weighted by Gasteiger charge is -2.36. The van der Waals surface area contributed by atoms with E-state index in [1.165, 1.54) is 25.7 Å². The van der Waals surface area contributed by atoms with Gasteiger partial charge in [0.2, 0.25) is 0 Å². The highest BCUT2D eigenvalue weighted by Gasteiger charge is 2.50. The molecule has 0 aromatic carbocycles. The number of aryl methyl sites for hydroxylation is 1. The van der Waals surface area contributed by atoms with Gasteiger partial charge in [-0.3, -0.25) is 4.68 Å². The Hall–Kier alpha value is -0.900. The molecule has 2 bridgehead atoms. The zero-order valence-corrected chi connectivity index (χ0v) is 9.89. The van der Waals surface area contributed by atoms with Crippen molar-refractivity contribution >= 4 is 0 Å². The summed E-state index contributed by atoms with van der Waals surface area (Å²) in [7, 11) is 1.97. The number of hydrogen-bond donors (Lipinski definition) is 1. The van der Waals surface area contributed by atoms with Crippen LogP contribution in [-0.2, 0) is 13.5 Å². The minimum atomic E-state index is 0.323. The van der Waals surface area contributed by atoms with Crippen molar-refractivity contribution in [3.8, 4) is 0 Å². The number of nitrogens with two attached hydrogens (primary N) is 1. The minimum absolute atomic E-state index is 0.323. The maximum absolute atomic E-state index is 6.06. The summed E-state index contributed by atoms with van der Waals surface area (Å²) in [5, 5.41) is 4.15. The van der Waals surface area contributed by atoms with Crippen LogP contribution in [0, 0.1) is 17.3 Å². The fourth-order valence-electron chi connectivity index (χ4n) is 3.89. The molecule has 2 aliphatic rings. The van der Waals surface area contributed by atoms with E-state index in [2.05, 4.69) is 10.1 Å². The monoisotopic (exact) mass is 220 g/mol.